The summed E-state index contributed by atoms with van der Waals surface area (Å²) in [7, 11) is 3.15. The number of halogens is 1. The Labute approximate surface area is 82.8 Å². The fraction of sp³-hybridized carbons (Fsp3) is 0.400. The number of hydrogen-bond donors (Lipinski definition) is 1. The second-order valence-corrected chi connectivity index (χ2v) is 2.72. The Morgan fingerprint density at radius 1 is 1.14 bits per heavy atom. The lowest BCUT2D eigenvalue weighted by molar-refractivity contribution is 0.394. The molecular formula is C10H14FNO2. The second kappa shape index (κ2) is 5.32. The Balaban J connectivity index is 2.81. The molecule has 3 nitrogen and oxygen atoms in total. The van der Waals surface area contributed by atoms with Gasteiger partial charge in [-0.25, -0.2) is 4.39 Å². The molecule has 14 heavy (non-hydrogen) atoms. The Bertz CT molecular complexity index is 269. The normalized spacial score (nSPS) is 9.64. The molecule has 1 N–H and O–H groups in total. The molecule has 4 heteroatoms. The predicted octanol–water partition coefficient (Wildman–Crippen LogP) is 2.09. The van der Waals surface area contributed by atoms with Gasteiger partial charge in [-0.1, -0.05) is 0 Å². The summed E-state index contributed by atoms with van der Waals surface area (Å²) in [6.07, 6.45) is 0. The van der Waals surface area contributed by atoms with Crippen molar-refractivity contribution in [2.75, 3.05) is 32.8 Å². The van der Waals surface area contributed by atoms with Crippen molar-refractivity contribution in [3.8, 4) is 11.5 Å². The topological polar surface area (TPSA) is 30.5 Å². The largest absolute Gasteiger partial charge is 0.497 e. The van der Waals surface area contributed by atoms with Crippen molar-refractivity contribution in [3.63, 3.8) is 0 Å². The minimum Gasteiger partial charge on any atom is -0.497 e. The average molecular weight is 199 g/mol. The van der Waals surface area contributed by atoms with Gasteiger partial charge in [0, 0.05) is 30.4 Å². The van der Waals surface area contributed by atoms with Crippen LogP contribution in [0.3, 0.4) is 0 Å². The van der Waals surface area contributed by atoms with Crippen LogP contribution < -0.4 is 14.8 Å². The fourth-order valence-electron chi connectivity index (χ4n) is 1.10. The Morgan fingerprint density at radius 3 is 2.14 bits per heavy atom. The third-order valence-corrected chi connectivity index (χ3v) is 1.78. The van der Waals surface area contributed by atoms with Gasteiger partial charge in [-0.05, 0) is 0 Å². The van der Waals surface area contributed by atoms with Crippen LogP contribution >= 0.6 is 0 Å². The van der Waals surface area contributed by atoms with Crippen molar-refractivity contribution in [3.05, 3.63) is 18.2 Å². The first-order valence-electron chi connectivity index (χ1n) is 4.33. The lowest BCUT2D eigenvalue weighted by Gasteiger charge is -2.09. The second-order valence-electron chi connectivity index (χ2n) is 2.72. The molecule has 1 aromatic rings. The number of methoxy groups -OCH3 is 2. The van der Waals surface area contributed by atoms with Gasteiger partial charge in [0.15, 0.2) is 0 Å². The van der Waals surface area contributed by atoms with Crippen LogP contribution in [0, 0.1) is 0 Å². The third-order valence-electron chi connectivity index (χ3n) is 1.78. The molecule has 1 aromatic carbocycles. The van der Waals surface area contributed by atoms with E-state index >= 15 is 0 Å². The predicted molar refractivity (Wildman–Crippen MR) is 54.0 cm³/mol. The number of ether oxygens (including phenoxy) is 2. The molecule has 78 valence electrons. The zero-order valence-electron chi connectivity index (χ0n) is 8.34. The van der Waals surface area contributed by atoms with Gasteiger partial charge < -0.3 is 14.8 Å². The van der Waals surface area contributed by atoms with Crippen molar-refractivity contribution in [2.24, 2.45) is 0 Å². The summed E-state index contributed by atoms with van der Waals surface area (Å²) in [5, 5.41) is 2.91. The van der Waals surface area contributed by atoms with Gasteiger partial charge >= 0.3 is 0 Å². The quantitative estimate of drug-likeness (QED) is 0.787. The fourth-order valence-corrected chi connectivity index (χ4v) is 1.10. The Morgan fingerprint density at radius 2 is 1.71 bits per heavy atom. The van der Waals surface area contributed by atoms with E-state index in [1.54, 1.807) is 32.4 Å². The average Bonchev–Trinajstić information content (AvgIpc) is 2.25. The van der Waals surface area contributed by atoms with Gasteiger partial charge in [-0.2, -0.15) is 0 Å². The molecule has 0 spiro atoms. The summed E-state index contributed by atoms with van der Waals surface area (Å²) in [6, 6.07) is 5.34. The Kier molecular flexibility index (Phi) is 4.04. The van der Waals surface area contributed by atoms with Crippen molar-refractivity contribution >= 4 is 5.69 Å². The van der Waals surface area contributed by atoms with E-state index < -0.39 is 6.67 Å². The van der Waals surface area contributed by atoms with E-state index in [4.69, 9.17) is 9.47 Å². The van der Waals surface area contributed by atoms with E-state index in [1.807, 2.05) is 0 Å². The first kappa shape index (κ1) is 10.6. The third kappa shape index (κ3) is 2.80. The lowest BCUT2D eigenvalue weighted by atomic mass is 10.3. The molecule has 0 atom stereocenters. The summed E-state index contributed by atoms with van der Waals surface area (Å²) in [4.78, 5) is 0. The van der Waals surface area contributed by atoms with Gasteiger partial charge in [-0.15, -0.1) is 0 Å². The van der Waals surface area contributed by atoms with Gasteiger partial charge in [0.1, 0.15) is 18.2 Å². The number of benzene rings is 1. The van der Waals surface area contributed by atoms with Crippen LogP contribution in [-0.4, -0.2) is 27.4 Å². The molecule has 0 fully saturated rings. The summed E-state index contributed by atoms with van der Waals surface area (Å²) in [6.45, 7) is -0.115. The van der Waals surface area contributed by atoms with E-state index in [1.165, 1.54) is 0 Å². The maximum absolute atomic E-state index is 11.9. The summed E-state index contributed by atoms with van der Waals surface area (Å²) >= 11 is 0. The summed E-state index contributed by atoms with van der Waals surface area (Å²) in [5.41, 5.74) is 0.791. The molecule has 0 radical (unpaired) electrons. The van der Waals surface area contributed by atoms with E-state index in [9.17, 15) is 4.39 Å². The van der Waals surface area contributed by atoms with E-state index in [0.29, 0.717) is 11.5 Å². The first-order chi connectivity index (χ1) is 6.80. The maximum atomic E-state index is 11.9. The highest BCUT2D eigenvalue weighted by Gasteiger charge is 2.00. The van der Waals surface area contributed by atoms with E-state index in [-0.39, 0.29) is 6.54 Å². The van der Waals surface area contributed by atoms with Gasteiger partial charge in [0.05, 0.1) is 14.2 Å². The van der Waals surface area contributed by atoms with E-state index in [2.05, 4.69) is 5.32 Å². The van der Waals surface area contributed by atoms with Crippen molar-refractivity contribution in [1.29, 1.82) is 0 Å². The lowest BCUT2D eigenvalue weighted by Crippen LogP contribution is -2.03. The molecule has 0 aromatic heterocycles. The van der Waals surface area contributed by atoms with Crippen LogP contribution in [-0.2, 0) is 0 Å². The minimum atomic E-state index is -0.403. The van der Waals surface area contributed by atoms with E-state index in [0.717, 1.165) is 5.69 Å². The Hall–Kier alpha value is -1.45. The number of nitrogens with one attached hydrogen (secondary N) is 1. The van der Waals surface area contributed by atoms with Crippen LogP contribution in [0.1, 0.15) is 0 Å². The van der Waals surface area contributed by atoms with Crippen LogP contribution in [0.4, 0.5) is 10.1 Å². The van der Waals surface area contributed by atoms with Gasteiger partial charge in [-0.3, -0.25) is 0 Å². The summed E-state index contributed by atoms with van der Waals surface area (Å²) in [5.74, 6) is 1.37. The maximum Gasteiger partial charge on any atom is 0.124 e. The van der Waals surface area contributed by atoms with Gasteiger partial charge in [0.25, 0.3) is 0 Å². The van der Waals surface area contributed by atoms with Crippen molar-refractivity contribution < 1.29 is 13.9 Å². The molecule has 0 aliphatic rings. The highest BCUT2D eigenvalue weighted by molar-refractivity contribution is 5.53. The number of alkyl halides is 1. The van der Waals surface area contributed by atoms with Crippen molar-refractivity contribution in [2.45, 2.75) is 0 Å². The highest BCUT2D eigenvalue weighted by atomic mass is 19.1. The van der Waals surface area contributed by atoms with Crippen LogP contribution in [0.2, 0.25) is 0 Å². The molecule has 0 aliphatic heterocycles. The number of hydrogen-bond acceptors (Lipinski definition) is 3. The molecule has 0 saturated heterocycles. The zero-order valence-corrected chi connectivity index (χ0v) is 8.34. The molecule has 0 heterocycles. The molecular weight excluding hydrogens is 185 g/mol. The van der Waals surface area contributed by atoms with Crippen molar-refractivity contribution in [1.82, 2.24) is 0 Å². The molecule has 1 rings (SSSR count). The molecule has 0 saturated carbocycles. The monoisotopic (exact) mass is 199 g/mol. The number of anilines is 1. The first-order valence-corrected chi connectivity index (χ1v) is 4.33. The number of rotatable bonds is 5. The standard InChI is InChI=1S/C10H14FNO2/c1-13-9-5-8(12-4-3-11)6-10(7-9)14-2/h5-7,12H,3-4H2,1-2H3. The van der Waals surface area contributed by atoms with Gasteiger partial charge in [0.2, 0.25) is 0 Å². The zero-order chi connectivity index (χ0) is 10.4. The molecule has 0 amide bonds. The molecule has 0 unspecified atom stereocenters. The molecule has 0 aliphatic carbocycles. The highest BCUT2D eigenvalue weighted by Crippen LogP contribution is 2.25. The van der Waals surface area contributed by atoms with Crippen LogP contribution in [0.25, 0.3) is 0 Å². The van der Waals surface area contributed by atoms with Crippen LogP contribution in [0.5, 0.6) is 11.5 Å². The SMILES string of the molecule is COc1cc(NCCF)cc(OC)c1. The minimum absolute atomic E-state index is 0.288. The smallest absolute Gasteiger partial charge is 0.124 e. The molecule has 0 bridgehead atoms. The van der Waals surface area contributed by atoms with Crippen LogP contribution in [0.15, 0.2) is 18.2 Å². The summed E-state index contributed by atoms with van der Waals surface area (Å²) < 4.78 is 22.0.